The minimum Gasteiger partial charge on any atom is -0.324 e. The first-order chi connectivity index (χ1) is 15.5. The zero-order valence-corrected chi connectivity index (χ0v) is 18.5. The van der Waals surface area contributed by atoms with Crippen LogP contribution >= 0.6 is 11.8 Å². The molecule has 8 heteroatoms. The van der Waals surface area contributed by atoms with E-state index in [1.165, 1.54) is 23.1 Å². The van der Waals surface area contributed by atoms with Gasteiger partial charge in [-0.2, -0.15) is 11.8 Å². The first kappa shape index (κ1) is 21.2. The van der Waals surface area contributed by atoms with Crippen molar-refractivity contribution in [2.24, 2.45) is 11.8 Å². The summed E-state index contributed by atoms with van der Waals surface area (Å²) in [6.07, 6.45) is 3.15. The SMILES string of the molecule is CSCC[C@H]1N[C@]2(C(=O)Nc3ccc(F)cc32)[C@@H]2C(=O)N(CCc3ccccc3)C(=O)[C@@H]21. The predicted octanol–water partition coefficient (Wildman–Crippen LogP) is 2.54. The van der Waals surface area contributed by atoms with Crippen LogP contribution in [-0.2, 0) is 26.3 Å². The van der Waals surface area contributed by atoms with Crippen molar-refractivity contribution in [2.45, 2.75) is 24.4 Å². The van der Waals surface area contributed by atoms with Gasteiger partial charge in [0.15, 0.2) is 0 Å². The molecule has 6 nitrogen and oxygen atoms in total. The van der Waals surface area contributed by atoms with E-state index in [0.717, 1.165) is 11.3 Å². The molecule has 3 heterocycles. The Bertz CT molecular complexity index is 1100. The van der Waals surface area contributed by atoms with E-state index in [4.69, 9.17) is 0 Å². The number of anilines is 1. The molecular formula is C24H24FN3O3S. The van der Waals surface area contributed by atoms with Gasteiger partial charge in [0.05, 0.1) is 11.8 Å². The molecule has 4 atom stereocenters. The van der Waals surface area contributed by atoms with Crippen LogP contribution in [0.25, 0.3) is 0 Å². The van der Waals surface area contributed by atoms with E-state index in [0.29, 0.717) is 24.1 Å². The number of carbonyl (C=O) groups excluding carboxylic acids is 3. The van der Waals surface area contributed by atoms with Crippen LogP contribution in [0.1, 0.15) is 17.5 Å². The lowest BCUT2D eigenvalue weighted by Crippen LogP contribution is -2.53. The van der Waals surface area contributed by atoms with Gasteiger partial charge in [-0.1, -0.05) is 30.3 Å². The highest BCUT2D eigenvalue weighted by Gasteiger charge is 2.70. The number of halogens is 1. The van der Waals surface area contributed by atoms with Crippen molar-refractivity contribution < 1.29 is 18.8 Å². The molecule has 3 aliphatic heterocycles. The molecule has 0 unspecified atom stereocenters. The molecule has 0 bridgehead atoms. The summed E-state index contributed by atoms with van der Waals surface area (Å²) in [7, 11) is 0. The molecular weight excluding hydrogens is 429 g/mol. The maximum atomic E-state index is 14.2. The number of hydrogen-bond acceptors (Lipinski definition) is 5. The van der Waals surface area contributed by atoms with Gasteiger partial charge in [-0.25, -0.2) is 4.39 Å². The van der Waals surface area contributed by atoms with Gasteiger partial charge in [0, 0.05) is 23.8 Å². The van der Waals surface area contributed by atoms with Gasteiger partial charge in [-0.15, -0.1) is 0 Å². The number of amides is 3. The summed E-state index contributed by atoms with van der Waals surface area (Å²) in [5.74, 6) is -2.24. The van der Waals surface area contributed by atoms with Gasteiger partial charge in [-0.05, 0) is 48.6 Å². The Morgan fingerprint density at radius 3 is 2.62 bits per heavy atom. The summed E-state index contributed by atoms with van der Waals surface area (Å²) in [6.45, 7) is 0.262. The Morgan fingerprint density at radius 2 is 1.88 bits per heavy atom. The smallest absolute Gasteiger partial charge is 0.250 e. The molecule has 1 spiro atoms. The van der Waals surface area contributed by atoms with Crippen LogP contribution in [0.3, 0.4) is 0 Å². The van der Waals surface area contributed by atoms with Gasteiger partial charge >= 0.3 is 0 Å². The summed E-state index contributed by atoms with van der Waals surface area (Å²) in [4.78, 5) is 41.7. The third-order valence-electron chi connectivity index (χ3n) is 6.87. The maximum Gasteiger partial charge on any atom is 0.250 e. The van der Waals surface area contributed by atoms with Crippen LogP contribution in [0.5, 0.6) is 0 Å². The van der Waals surface area contributed by atoms with E-state index in [-0.39, 0.29) is 24.4 Å². The van der Waals surface area contributed by atoms with E-state index < -0.39 is 29.1 Å². The Hall–Kier alpha value is -2.71. The number of benzene rings is 2. The number of fused-ring (bicyclic) bond motifs is 4. The third kappa shape index (κ3) is 3.08. The Balaban J connectivity index is 1.53. The fraction of sp³-hybridized carbons (Fsp3) is 0.375. The monoisotopic (exact) mass is 453 g/mol. The van der Waals surface area contributed by atoms with Gasteiger partial charge in [0.1, 0.15) is 11.4 Å². The number of rotatable bonds is 6. The van der Waals surface area contributed by atoms with Gasteiger partial charge in [-0.3, -0.25) is 24.6 Å². The second-order valence-electron chi connectivity index (χ2n) is 8.55. The van der Waals surface area contributed by atoms with Crippen molar-refractivity contribution >= 4 is 35.2 Å². The normalized spacial score (nSPS) is 28.4. The van der Waals surface area contributed by atoms with Gasteiger partial charge in [0.2, 0.25) is 17.7 Å². The summed E-state index contributed by atoms with van der Waals surface area (Å²) < 4.78 is 14.2. The van der Waals surface area contributed by atoms with Gasteiger partial charge in [0.25, 0.3) is 0 Å². The molecule has 5 rings (SSSR count). The fourth-order valence-corrected chi connectivity index (χ4v) is 5.92. The number of thioether (sulfide) groups is 1. The molecule has 0 radical (unpaired) electrons. The molecule has 0 aromatic heterocycles. The molecule has 0 aliphatic carbocycles. The summed E-state index contributed by atoms with van der Waals surface area (Å²) in [5.41, 5.74) is 0.494. The zero-order chi connectivity index (χ0) is 22.5. The lowest BCUT2D eigenvalue weighted by Gasteiger charge is -2.29. The number of nitrogens with one attached hydrogen (secondary N) is 2. The summed E-state index contributed by atoms with van der Waals surface area (Å²) in [6, 6.07) is 13.4. The van der Waals surface area contributed by atoms with E-state index in [9.17, 15) is 18.8 Å². The average Bonchev–Trinajstić information content (AvgIpc) is 3.37. The molecule has 32 heavy (non-hydrogen) atoms. The van der Waals surface area contributed by atoms with Gasteiger partial charge < -0.3 is 5.32 Å². The van der Waals surface area contributed by atoms with Crippen molar-refractivity contribution in [3.63, 3.8) is 0 Å². The molecule has 0 saturated carbocycles. The van der Waals surface area contributed by atoms with E-state index >= 15 is 0 Å². The number of imide groups is 1. The van der Waals surface area contributed by atoms with Crippen LogP contribution < -0.4 is 10.6 Å². The Labute approximate surface area is 189 Å². The second-order valence-corrected chi connectivity index (χ2v) is 9.54. The zero-order valence-electron chi connectivity index (χ0n) is 17.6. The van der Waals surface area contributed by atoms with E-state index in [2.05, 4.69) is 10.6 Å². The van der Waals surface area contributed by atoms with Crippen molar-refractivity contribution in [1.29, 1.82) is 0 Å². The molecule has 2 N–H and O–H groups in total. The van der Waals surface area contributed by atoms with E-state index in [1.54, 1.807) is 11.8 Å². The van der Waals surface area contributed by atoms with Crippen LogP contribution in [0.15, 0.2) is 48.5 Å². The first-order valence-corrected chi connectivity index (χ1v) is 12.1. The highest BCUT2D eigenvalue weighted by atomic mass is 32.2. The predicted molar refractivity (Wildman–Crippen MR) is 120 cm³/mol. The number of carbonyl (C=O) groups is 3. The molecule has 166 valence electrons. The first-order valence-electron chi connectivity index (χ1n) is 10.7. The molecule has 2 saturated heterocycles. The number of nitrogens with zero attached hydrogens (tertiary/aromatic N) is 1. The average molecular weight is 454 g/mol. The highest BCUT2D eigenvalue weighted by Crippen LogP contribution is 2.53. The third-order valence-corrected chi connectivity index (χ3v) is 7.51. The molecule has 2 aromatic carbocycles. The molecule has 3 amide bonds. The van der Waals surface area contributed by atoms with E-state index in [1.807, 2.05) is 36.6 Å². The lowest BCUT2D eigenvalue weighted by atomic mass is 9.76. The molecule has 3 aliphatic rings. The Kier molecular flexibility index (Phi) is 5.29. The quantitative estimate of drug-likeness (QED) is 0.658. The lowest BCUT2D eigenvalue weighted by molar-refractivity contribution is -0.142. The Morgan fingerprint density at radius 1 is 1.09 bits per heavy atom. The second kappa shape index (κ2) is 8.01. The van der Waals surface area contributed by atoms with Crippen molar-refractivity contribution in [3.05, 3.63) is 65.5 Å². The van der Waals surface area contributed by atoms with Crippen molar-refractivity contribution in [1.82, 2.24) is 10.2 Å². The molecule has 2 aromatic rings. The topological polar surface area (TPSA) is 78.5 Å². The van der Waals surface area contributed by atoms with Crippen molar-refractivity contribution in [2.75, 3.05) is 23.9 Å². The summed E-state index contributed by atoms with van der Waals surface area (Å²) in [5, 5.41) is 6.13. The van der Waals surface area contributed by atoms with Crippen molar-refractivity contribution in [3.8, 4) is 0 Å². The van der Waals surface area contributed by atoms with Crippen LogP contribution in [0.4, 0.5) is 10.1 Å². The largest absolute Gasteiger partial charge is 0.324 e. The summed E-state index contributed by atoms with van der Waals surface area (Å²) >= 11 is 1.64. The standard InChI is InChI=1S/C24H24FN3O3S/c1-32-12-10-18-19-20(22(30)28(21(19)29)11-9-14-5-3-2-4-6-14)24(27-18)16-13-15(25)7-8-17(16)26-23(24)31/h2-8,13,18-20,27H,9-12H2,1H3,(H,26,31)/t18-,19-,20+,24+/m1/s1. The fourth-order valence-electron chi connectivity index (χ4n) is 5.43. The minimum absolute atomic E-state index is 0.246. The maximum absolute atomic E-state index is 14.2. The van der Waals surface area contributed by atoms with Crippen LogP contribution in [-0.4, -0.2) is 47.2 Å². The minimum atomic E-state index is -1.43. The van der Waals surface area contributed by atoms with Crippen LogP contribution in [0.2, 0.25) is 0 Å². The number of likely N-dealkylation sites (tertiary alicyclic amines) is 1. The van der Waals surface area contributed by atoms with Crippen LogP contribution in [0, 0.1) is 17.7 Å². The molecule has 2 fully saturated rings. The highest BCUT2D eigenvalue weighted by molar-refractivity contribution is 7.98. The number of hydrogen-bond donors (Lipinski definition) is 2.